The number of urea groups is 1. The van der Waals surface area contributed by atoms with Crippen LogP contribution in [0.2, 0.25) is 5.15 Å². The molecule has 0 saturated carbocycles. The number of fused-ring (bicyclic) bond motifs is 1. The van der Waals surface area contributed by atoms with E-state index in [9.17, 15) is 9.59 Å². The van der Waals surface area contributed by atoms with Gasteiger partial charge in [0.15, 0.2) is 5.15 Å². The number of anilines is 3. The number of benzene rings is 1. The number of nitrogens with zero attached hydrogens (tertiary/aromatic N) is 7. The van der Waals surface area contributed by atoms with E-state index in [0.29, 0.717) is 55.2 Å². The van der Waals surface area contributed by atoms with Gasteiger partial charge in [-0.15, -0.1) is 0 Å². The number of rotatable bonds is 6. The van der Waals surface area contributed by atoms with Crippen LogP contribution in [0.3, 0.4) is 0 Å². The summed E-state index contributed by atoms with van der Waals surface area (Å²) >= 11 is 6.18. The lowest BCUT2D eigenvalue weighted by atomic mass is 10.1. The molecule has 3 amide bonds. The highest BCUT2D eigenvalue weighted by atomic mass is 35.5. The van der Waals surface area contributed by atoms with E-state index in [1.165, 1.54) is 6.08 Å². The van der Waals surface area contributed by atoms with Gasteiger partial charge in [-0.25, -0.2) is 9.78 Å². The first-order valence-electron chi connectivity index (χ1n) is 11.3. The number of carbonyl (C=O) groups is 2. The van der Waals surface area contributed by atoms with Gasteiger partial charge in [0, 0.05) is 44.6 Å². The molecule has 0 bridgehead atoms. The van der Waals surface area contributed by atoms with Crippen molar-refractivity contribution >= 4 is 41.0 Å². The van der Waals surface area contributed by atoms with Crippen LogP contribution in [0.4, 0.5) is 22.2 Å². The van der Waals surface area contributed by atoms with Crippen molar-refractivity contribution in [3.63, 3.8) is 0 Å². The number of nitrogens with one attached hydrogen (secondary N) is 1. The summed E-state index contributed by atoms with van der Waals surface area (Å²) in [5, 5.41) is 7.50. The third kappa shape index (κ3) is 4.57. The maximum absolute atomic E-state index is 13.8. The average molecular weight is 493 g/mol. The zero-order chi connectivity index (χ0) is 24.5. The number of hydrogen-bond acceptors (Lipinski definition) is 6. The van der Waals surface area contributed by atoms with Gasteiger partial charge in [-0.3, -0.25) is 14.4 Å². The predicted octanol–water partition coefficient (Wildman–Crippen LogP) is 3.34. The van der Waals surface area contributed by atoms with Crippen LogP contribution in [0.5, 0.6) is 0 Å². The topological polar surface area (TPSA) is 99.5 Å². The average Bonchev–Trinajstić information content (AvgIpc) is 3.46. The van der Waals surface area contributed by atoms with E-state index in [-0.39, 0.29) is 18.0 Å². The highest BCUT2D eigenvalue weighted by Crippen LogP contribution is 2.33. The minimum atomic E-state index is -0.214. The number of hydrogen-bond donors (Lipinski definition) is 1. The maximum Gasteiger partial charge on any atom is 0.326 e. The van der Waals surface area contributed by atoms with Gasteiger partial charge < -0.3 is 15.1 Å². The molecule has 2 aliphatic rings. The van der Waals surface area contributed by atoms with Gasteiger partial charge in [-0.2, -0.15) is 10.1 Å². The summed E-state index contributed by atoms with van der Waals surface area (Å²) in [5.74, 6) is 0.703. The highest BCUT2D eigenvalue weighted by molar-refractivity contribution is 6.32. The Morgan fingerprint density at radius 3 is 2.83 bits per heavy atom. The number of carbonyl (C=O) groups excluding carboxylic acids is 2. The Bertz CT molecular complexity index is 1280. The molecule has 1 fully saturated rings. The molecule has 0 aliphatic carbocycles. The molecule has 0 radical (unpaired) electrons. The van der Waals surface area contributed by atoms with Crippen LogP contribution in [0.15, 0.2) is 55.4 Å². The fourth-order valence-electron chi connectivity index (χ4n) is 4.50. The third-order valence-corrected chi connectivity index (χ3v) is 6.45. The molecule has 1 aromatic carbocycles. The molecule has 11 heteroatoms. The van der Waals surface area contributed by atoms with Gasteiger partial charge >= 0.3 is 6.03 Å². The first-order valence-corrected chi connectivity index (χ1v) is 11.7. The van der Waals surface area contributed by atoms with E-state index in [1.54, 1.807) is 38.8 Å². The largest absolute Gasteiger partial charge is 0.337 e. The summed E-state index contributed by atoms with van der Waals surface area (Å²) < 4.78 is 1.59. The lowest BCUT2D eigenvalue weighted by molar-refractivity contribution is -0.125. The predicted molar refractivity (Wildman–Crippen MR) is 132 cm³/mol. The molecule has 2 aliphatic heterocycles. The highest BCUT2D eigenvalue weighted by Gasteiger charge is 2.40. The van der Waals surface area contributed by atoms with Crippen molar-refractivity contribution in [2.24, 2.45) is 7.05 Å². The molecule has 0 spiro atoms. The smallest absolute Gasteiger partial charge is 0.326 e. The first-order chi connectivity index (χ1) is 16.9. The summed E-state index contributed by atoms with van der Waals surface area (Å²) in [6, 6.07) is 9.48. The minimum Gasteiger partial charge on any atom is -0.337 e. The fourth-order valence-corrected chi connectivity index (χ4v) is 4.71. The Hall–Kier alpha value is -3.92. The number of aryl methyl sites for hydroxylation is 1. The molecule has 2 aromatic heterocycles. The van der Waals surface area contributed by atoms with Crippen molar-refractivity contribution in [1.29, 1.82) is 0 Å². The molecule has 10 nitrogen and oxygen atoms in total. The summed E-state index contributed by atoms with van der Waals surface area (Å²) in [6.07, 6.45) is 5.41. The number of amides is 3. The zero-order valence-electron chi connectivity index (χ0n) is 19.3. The van der Waals surface area contributed by atoms with Gasteiger partial charge in [-0.1, -0.05) is 48.5 Å². The summed E-state index contributed by atoms with van der Waals surface area (Å²) in [6.45, 7) is 5.40. The Labute approximate surface area is 207 Å². The Balaban J connectivity index is 1.48. The van der Waals surface area contributed by atoms with E-state index >= 15 is 0 Å². The monoisotopic (exact) mass is 492 g/mol. The summed E-state index contributed by atoms with van der Waals surface area (Å²) in [4.78, 5) is 40.3. The van der Waals surface area contributed by atoms with E-state index < -0.39 is 0 Å². The molecule has 3 aromatic rings. The molecule has 1 N–H and O–H groups in total. The van der Waals surface area contributed by atoms with Gasteiger partial charge in [-0.05, 0) is 18.1 Å². The van der Waals surface area contributed by atoms with Gasteiger partial charge in [0.1, 0.15) is 5.82 Å². The Morgan fingerprint density at radius 2 is 2.11 bits per heavy atom. The van der Waals surface area contributed by atoms with Gasteiger partial charge in [0.05, 0.1) is 18.3 Å². The van der Waals surface area contributed by atoms with Crippen LogP contribution in [0.1, 0.15) is 17.5 Å². The van der Waals surface area contributed by atoms with E-state index in [2.05, 4.69) is 22.0 Å². The second kappa shape index (κ2) is 9.38. The van der Waals surface area contributed by atoms with Gasteiger partial charge in [0.2, 0.25) is 11.9 Å². The standard InChI is InChI=1S/C24H25ClN8O2/c1-3-20(34)31-10-9-18(14-31)33-22-17(13-32(24(33)35)12-16-7-5-4-6-8-16)11-26-23(28-22)27-19-15-30(2)29-21(19)25/h3-8,11,15,18H,1,9-10,12-14H2,2H3,(H,26,27,28). The molecule has 1 saturated heterocycles. The summed E-state index contributed by atoms with van der Waals surface area (Å²) in [5.41, 5.74) is 2.43. The SMILES string of the molecule is C=CC(=O)N1CCC(N2C(=O)N(Cc3ccccc3)Cc3cnc(Nc4cn(C)nc4Cl)nc32)C1. The first kappa shape index (κ1) is 22.9. The van der Waals surface area contributed by atoms with E-state index in [0.717, 1.165) is 11.1 Å². The number of aromatic nitrogens is 4. The lowest BCUT2D eigenvalue weighted by Crippen LogP contribution is -2.52. The van der Waals surface area contributed by atoms with Crippen LogP contribution in [-0.2, 0) is 24.9 Å². The molecule has 35 heavy (non-hydrogen) atoms. The molecular weight excluding hydrogens is 468 g/mol. The minimum absolute atomic E-state index is 0.144. The molecule has 180 valence electrons. The van der Waals surface area contributed by atoms with E-state index in [1.807, 2.05) is 30.3 Å². The Kier molecular flexibility index (Phi) is 6.12. The van der Waals surface area contributed by atoms with Crippen molar-refractivity contribution in [1.82, 2.24) is 29.5 Å². The van der Waals surface area contributed by atoms with Crippen LogP contribution in [-0.4, -0.2) is 60.6 Å². The number of halogens is 1. The fraction of sp³-hybridized carbons (Fsp3) is 0.292. The lowest BCUT2D eigenvalue weighted by Gasteiger charge is -2.39. The van der Waals surface area contributed by atoms with Gasteiger partial charge in [0.25, 0.3) is 0 Å². The Morgan fingerprint density at radius 1 is 1.31 bits per heavy atom. The van der Waals surface area contributed by atoms with Crippen molar-refractivity contribution < 1.29 is 9.59 Å². The molecule has 1 atom stereocenters. The van der Waals surface area contributed by atoms with Crippen molar-refractivity contribution in [2.75, 3.05) is 23.3 Å². The molecule has 1 unspecified atom stereocenters. The van der Waals surface area contributed by atoms with Crippen LogP contribution in [0.25, 0.3) is 0 Å². The van der Waals surface area contributed by atoms with Crippen molar-refractivity contribution in [3.05, 3.63) is 71.7 Å². The maximum atomic E-state index is 13.8. The zero-order valence-corrected chi connectivity index (χ0v) is 20.0. The quantitative estimate of drug-likeness (QED) is 0.530. The van der Waals surface area contributed by atoms with Crippen LogP contribution < -0.4 is 10.2 Å². The van der Waals surface area contributed by atoms with Crippen LogP contribution in [0, 0.1) is 0 Å². The van der Waals surface area contributed by atoms with Crippen LogP contribution >= 0.6 is 11.6 Å². The van der Waals surface area contributed by atoms with E-state index in [4.69, 9.17) is 16.6 Å². The molecule has 5 rings (SSSR count). The molecule has 4 heterocycles. The molecular formula is C24H25ClN8O2. The van der Waals surface area contributed by atoms with Crippen molar-refractivity contribution in [3.8, 4) is 0 Å². The second-order valence-electron chi connectivity index (χ2n) is 8.60. The van der Waals surface area contributed by atoms with Crippen molar-refractivity contribution in [2.45, 2.75) is 25.6 Å². The normalized spacial score (nSPS) is 17.5. The summed E-state index contributed by atoms with van der Waals surface area (Å²) in [7, 11) is 1.77. The second-order valence-corrected chi connectivity index (χ2v) is 8.96. The third-order valence-electron chi connectivity index (χ3n) is 6.17. The number of likely N-dealkylation sites (tertiary alicyclic amines) is 1.